The largest absolute Gasteiger partial charge is 0.495 e. The van der Waals surface area contributed by atoms with Gasteiger partial charge in [0.05, 0.1) is 12.8 Å². The van der Waals surface area contributed by atoms with Gasteiger partial charge in [0, 0.05) is 24.9 Å². The second-order valence-corrected chi connectivity index (χ2v) is 10.1. The fourth-order valence-corrected chi connectivity index (χ4v) is 5.71. The molecule has 2 heterocycles. The average molecular weight is 459 g/mol. The Morgan fingerprint density at radius 3 is 2.27 bits per heavy atom. The average Bonchev–Trinajstić information content (AvgIpc) is 2.78. The number of anilines is 1. The van der Waals surface area contributed by atoms with Crippen LogP contribution in [0.1, 0.15) is 102 Å². The van der Waals surface area contributed by atoms with Crippen LogP contribution in [-0.4, -0.2) is 42.8 Å². The van der Waals surface area contributed by atoms with E-state index in [2.05, 4.69) is 17.1 Å². The summed E-state index contributed by atoms with van der Waals surface area (Å²) in [5, 5.41) is 2.90. The first-order valence-corrected chi connectivity index (χ1v) is 13.5. The summed E-state index contributed by atoms with van der Waals surface area (Å²) < 4.78 is 11.3. The smallest absolute Gasteiger partial charge is 0.412 e. The molecule has 2 saturated heterocycles. The Morgan fingerprint density at radius 2 is 1.64 bits per heavy atom. The molecule has 0 saturated carbocycles. The summed E-state index contributed by atoms with van der Waals surface area (Å²) in [5.41, 5.74) is 1.75. The summed E-state index contributed by atoms with van der Waals surface area (Å²) in [6.07, 6.45) is 17.7. The summed E-state index contributed by atoms with van der Waals surface area (Å²) >= 11 is 0. The van der Waals surface area contributed by atoms with E-state index in [9.17, 15) is 4.79 Å². The zero-order valence-electron chi connectivity index (χ0n) is 21.2. The lowest BCUT2D eigenvalue weighted by atomic mass is 9.82. The second-order valence-electron chi connectivity index (χ2n) is 10.1. The molecule has 1 aromatic rings. The van der Waals surface area contributed by atoms with Crippen molar-refractivity contribution in [3.63, 3.8) is 0 Å². The Morgan fingerprint density at radius 1 is 1.00 bits per heavy atom. The molecule has 2 unspecified atom stereocenters. The van der Waals surface area contributed by atoms with Crippen LogP contribution in [0.15, 0.2) is 18.2 Å². The number of benzene rings is 1. The predicted molar refractivity (Wildman–Crippen MR) is 136 cm³/mol. The van der Waals surface area contributed by atoms with Gasteiger partial charge in [-0.1, -0.05) is 70.8 Å². The van der Waals surface area contributed by atoms with Gasteiger partial charge in [0.15, 0.2) is 0 Å². The summed E-state index contributed by atoms with van der Waals surface area (Å²) in [6, 6.07) is 6.90. The van der Waals surface area contributed by atoms with E-state index in [4.69, 9.17) is 9.47 Å². The topological polar surface area (TPSA) is 50.8 Å². The van der Waals surface area contributed by atoms with Crippen LogP contribution in [0.4, 0.5) is 10.5 Å². The van der Waals surface area contributed by atoms with E-state index in [0.29, 0.717) is 23.5 Å². The number of unbranched alkanes of at least 4 members (excludes halogenated alkanes) is 8. The minimum atomic E-state index is -0.366. The first kappa shape index (κ1) is 25.9. The number of carbonyl (C=O) groups excluding carboxylic acids is 1. The monoisotopic (exact) mass is 458 g/mol. The first-order chi connectivity index (χ1) is 16.1. The van der Waals surface area contributed by atoms with E-state index in [-0.39, 0.29) is 12.2 Å². The van der Waals surface area contributed by atoms with Crippen molar-refractivity contribution in [1.82, 2.24) is 4.90 Å². The standard InChI is InChI=1S/C28H46N2O3/c1-4-5-6-7-8-9-10-11-12-18-30-23-14-13-15-24(30)21-25(20-23)33-28(31)29-26-19-22(2)16-17-27(26)32-3/h16-17,19,23-25H,4-15,18,20-21H2,1-3H3,(H,29,31). The number of ether oxygens (including phenoxy) is 2. The van der Waals surface area contributed by atoms with E-state index in [1.165, 1.54) is 83.6 Å². The highest BCUT2D eigenvalue weighted by Gasteiger charge is 2.39. The Kier molecular flexibility index (Phi) is 10.8. The molecule has 186 valence electrons. The van der Waals surface area contributed by atoms with Gasteiger partial charge in [0.1, 0.15) is 11.9 Å². The van der Waals surface area contributed by atoms with Crippen LogP contribution < -0.4 is 10.1 Å². The molecular formula is C28H46N2O3. The number of hydrogen-bond acceptors (Lipinski definition) is 4. The highest BCUT2D eigenvalue weighted by atomic mass is 16.6. The molecule has 5 heteroatoms. The number of hydrogen-bond donors (Lipinski definition) is 1. The van der Waals surface area contributed by atoms with Gasteiger partial charge in [0.2, 0.25) is 0 Å². The Bertz CT molecular complexity index is 709. The van der Waals surface area contributed by atoms with Gasteiger partial charge in [-0.3, -0.25) is 10.2 Å². The minimum absolute atomic E-state index is 0.00970. The van der Waals surface area contributed by atoms with Crippen LogP contribution in [0, 0.1) is 6.92 Å². The lowest BCUT2D eigenvalue weighted by molar-refractivity contribution is -0.0308. The number of nitrogens with zero attached hydrogens (tertiary/aromatic N) is 1. The van der Waals surface area contributed by atoms with Gasteiger partial charge in [-0.15, -0.1) is 0 Å². The zero-order valence-corrected chi connectivity index (χ0v) is 21.2. The molecular weight excluding hydrogens is 412 g/mol. The van der Waals surface area contributed by atoms with Crippen LogP contribution >= 0.6 is 0 Å². The van der Waals surface area contributed by atoms with Crippen molar-refractivity contribution in [3.8, 4) is 5.75 Å². The number of carbonyl (C=O) groups is 1. The zero-order chi connectivity index (χ0) is 23.5. The quantitative estimate of drug-likeness (QED) is 0.312. The summed E-state index contributed by atoms with van der Waals surface area (Å²) in [4.78, 5) is 15.4. The van der Waals surface area contributed by atoms with Gasteiger partial charge in [0.25, 0.3) is 0 Å². The molecule has 5 nitrogen and oxygen atoms in total. The van der Waals surface area contributed by atoms with Crippen LogP contribution in [0.2, 0.25) is 0 Å². The third kappa shape index (κ3) is 8.20. The third-order valence-electron chi connectivity index (χ3n) is 7.47. The molecule has 0 aromatic heterocycles. The lowest BCUT2D eigenvalue weighted by Crippen LogP contribution is -2.54. The van der Waals surface area contributed by atoms with Gasteiger partial charge in [-0.2, -0.15) is 0 Å². The Hall–Kier alpha value is -1.75. The summed E-state index contributed by atoms with van der Waals surface area (Å²) in [5.74, 6) is 0.658. The van der Waals surface area contributed by atoms with Crippen molar-refractivity contribution in [2.75, 3.05) is 19.0 Å². The molecule has 33 heavy (non-hydrogen) atoms. The number of fused-ring (bicyclic) bond motifs is 2. The predicted octanol–water partition coefficient (Wildman–Crippen LogP) is 7.47. The van der Waals surface area contributed by atoms with Gasteiger partial charge >= 0.3 is 6.09 Å². The molecule has 2 atom stereocenters. The van der Waals surface area contributed by atoms with Crippen molar-refractivity contribution >= 4 is 11.8 Å². The highest BCUT2D eigenvalue weighted by Crippen LogP contribution is 2.36. The molecule has 2 aliphatic heterocycles. The fourth-order valence-electron chi connectivity index (χ4n) is 5.71. The molecule has 0 radical (unpaired) electrons. The van der Waals surface area contributed by atoms with Gasteiger partial charge in [-0.25, -0.2) is 4.79 Å². The Labute approximate surface area is 201 Å². The van der Waals surface area contributed by atoms with E-state index in [1.54, 1.807) is 7.11 Å². The van der Waals surface area contributed by atoms with Crippen molar-refractivity contribution in [1.29, 1.82) is 0 Å². The number of piperidine rings is 2. The number of aryl methyl sites for hydroxylation is 1. The van der Waals surface area contributed by atoms with E-state index in [1.807, 2.05) is 25.1 Å². The van der Waals surface area contributed by atoms with Crippen LogP contribution in [-0.2, 0) is 4.74 Å². The summed E-state index contributed by atoms with van der Waals surface area (Å²) in [6.45, 7) is 5.49. The van der Waals surface area contributed by atoms with Crippen LogP contribution in [0.5, 0.6) is 5.75 Å². The number of nitrogens with one attached hydrogen (secondary N) is 1. The molecule has 2 fully saturated rings. The molecule has 1 amide bonds. The van der Waals surface area contributed by atoms with Crippen molar-refractivity contribution in [2.24, 2.45) is 0 Å². The second kappa shape index (κ2) is 13.8. The lowest BCUT2D eigenvalue weighted by Gasteiger charge is -2.48. The van der Waals surface area contributed by atoms with Crippen molar-refractivity contribution in [3.05, 3.63) is 23.8 Å². The maximum absolute atomic E-state index is 12.6. The van der Waals surface area contributed by atoms with Gasteiger partial charge < -0.3 is 9.47 Å². The molecule has 1 aromatic carbocycles. The number of rotatable bonds is 13. The maximum atomic E-state index is 12.6. The normalized spacial score (nSPS) is 22.7. The van der Waals surface area contributed by atoms with Crippen molar-refractivity contribution in [2.45, 2.75) is 122 Å². The molecule has 2 aliphatic rings. The minimum Gasteiger partial charge on any atom is -0.495 e. The van der Waals surface area contributed by atoms with Crippen LogP contribution in [0.25, 0.3) is 0 Å². The highest BCUT2D eigenvalue weighted by molar-refractivity contribution is 5.87. The SMILES string of the molecule is CCCCCCCCCCCN1C2CCCC1CC(OC(=O)Nc1cc(C)ccc1OC)C2. The van der Waals surface area contributed by atoms with E-state index >= 15 is 0 Å². The number of methoxy groups -OCH3 is 1. The van der Waals surface area contributed by atoms with Gasteiger partial charge in [-0.05, 0) is 50.4 Å². The molecule has 0 spiro atoms. The van der Waals surface area contributed by atoms with E-state index in [0.717, 1.165) is 18.4 Å². The molecule has 0 aliphatic carbocycles. The van der Waals surface area contributed by atoms with Crippen molar-refractivity contribution < 1.29 is 14.3 Å². The third-order valence-corrected chi connectivity index (χ3v) is 7.47. The number of amides is 1. The maximum Gasteiger partial charge on any atom is 0.412 e. The molecule has 2 bridgehead atoms. The van der Waals surface area contributed by atoms with Crippen LogP contribution in [0.3, 0.4) is 0 Å². The molecule has 3 rings (SSSR count). The first-order valence-electron chi connectivity index (χ1n) is 13.5. The Balaban J connectivity index is 1.39. The fraction of sp³-hybridized carbons (Fsp3) is 0.750. The van der Waals surface area contributed by atoms with E-state index < -0.39 is 0 Å². The molecule has 1 N–H and O–H groups in total. The summed E-state index contributed by atoms with van der Waals surface area (Å²) in [7, 11) is 1.62.